The van der Waals surface area contributed by atoms with Crippen LogP contribution in [-0.2, 0) is 4.74 Å². The van der Waals surface area contributed by atoms with Gasteiger partial charge in [-0.1, -0.05) is 23.2 Å². The highest BCUT2D eigenvalue weighted by atomic mass is 35.5. The fourth-order valence-corrected chi connectivity index (χ4v) is 3.00. The Bertz CT molecular complexity index is 452. The fourth-order valence-electron chi connectivity index (χ4n) is 2.68. The topological polar surface area (TPSA) is 24.5 Å². The van der Waals surface area contributed by atoms with Gasteiger partial charge in [-0.2, -0.15) is 0 Å². The molecule has 3 nitrogen and oxygen atoms in total. The van der Waals surface area contributed by atoms with Crippen molar-refractivity contribution >= 4 is 34.6 Å². The van der Waals surface area contributed by atoms with Crippen LogP contribution in [0.5, 0.6) is 0 Å². The molecule has 0 amide bonds. The van der Waals surface area contributed by atoms with E-state index in [1.165, 1.54) is 0 Å². The number of fused-ring (bicyclic) bond motifs is 3. The van der Waals surface area contributed by atoms with Gasteiger partial charge in [0.25, 0.3) is 0 Å². The van der Waals surface area contributed by atoms with Crippen molar-refractivity contribution in [3.63, 3.8) is 0 Å². The molecule has 1 aromatic rings. The average Bonchev–Trinajstić information content (AvgIpc) is 2.74. The third kappa shape index (κ3) is 1.86. The molecule has 1 fully saturated rings. The Kier molecular flexibility index (Phi) is 2.85. The second-order valence-corrected chi connectivity index (χ2v) is 5.38. The van der Waals surface area contributed by atoms with Crippen molar-refractivity contribution in [2.45, 2.75) is 18.6 Å². The number of ether oxygens (including phenoxy) is 1. The zero-order valence-corrected chi connectivity index (χ0v) is 11.1. The van der Waals surface area contributed by atoms with E-state index >= 15 is 0 Å². The van der Waals surface area contributed by atoms with E-state index in [0.717, 1.165) is 30.9 Å². The van der Waals surface area contributed by atoms with Crippen LogP contribution >= 0.6 is 23.2 Å². The van der Waals surface area contributed by atoms with Gasteiger partial charge in [-0.15, -0.1) is 0 Å². The first-order chi connectivity index (χ1) is 8.19. The van der Waals surface area contributed by atoms with E-state index in [9.17, 15) is 0 Å². The second-order valence-electron chi connectivity index (χ2n) is 4.56. The number of rotatable bonds is 1. The molecule has 2 aliphatic heterocycles. The summed E-state index contributed by atoms with van der Waals surface area (Å²) < 4.78 is 5.44. The van der Waals surface area contributed by atoms with Crippen molar-refractivity contribution in [2.75, 3.05) is 30.4 Å². The Hall–Kier alpha value is -0.640. The van der Waals surface area contributed by atoms with Crippen molar-refractivity contribution in [3.05, 3.63) is 22.2 Å². The van der Waals surface area contributed by atoms with Gasteiger partial charge in [0.1, 0.15) is 0 Å². The van der Waals surface area contributed by atoms with Crippen LogP contribution in [0, 0.1) is 0 Å². The number of anilines is 2. The van der Waals surface area contributed by atoms with Gasteiger partial charge in [-0.3, -0.25) is 0 Å². The molecule has 17 heavy (non-hydrogen) atoms. The highest BCUT2D eigenvalue weighted by molar-refractivity contribution is 6.42. The van der Waals surface area contributed by atoms with Crippen LogP contribution in [0.1, 0.15) is 6.42 Å². The SMILES string of the molecule is COC1CC2CNc3cc(Cl)c(Cl)cc3N2C1. The van der Waals surface area contributed by atoms with Gasteiger partial charge < -0.3 is 15.0 Å². The summed E-state index contributed by atoms with van der Waals surface area (Å²) in [5, 5.41) is 4.61. The molecule has 1 N–H and O–H groups in total. The predicted molar refractivity (Wildman–Crippen MR) is 71.5 cm³/mol. The van der Waals surface area contributed by atoms with E-state index in [0.29, 0.717) is 22.2 Å². The second kappa shape index (κ2) is 4.23. The number of halogens is 2. The summed E-state index contributed by atoms with van der Waals surface area (Å²) in [6.45, 7) is 1.86. The zero-order chi connectivity index (χ0) is 12.0. The lowest BCUT2D eigenvalue weighted by atomic mass is 10.1. The van der Waals surface area contributed by atoms with Crippen LogP contribution in [0.4, 0.5) is 11.4 Å². The van der Waals surface area contributed by atoms with Crippen molar-refractivity contribution in [3.8, 4) is 0 Å². The van der Waals surface area contributed by atoms with E-state index in [1.54, 1.807) is 7.11 Å². The number of hydrogen-bond donors (Lipinski definition) is 1. The maximum Gasteiger partial charge on any atom is 0.0766 e. The van der Waals surface area contributed by atoms with Crippen LogP contribution in [0.15, 0.2) is 12.1 Å². The summed E-state index contributed by atoms with van der Waals surface area (Å²) in [5.41, 5.74) is 2.20. The molecule has 0 spiro atoms. The fraction of sp³-hybridized carbons (Fsp3) is 0.500. The molecule has 92 valence electrons. The first-order valence-electron chi connectivity index (χ1n) is 5.71. The minimum absolute atomic E-state index is 0.308. The van der Waals surface area contributed by atoms with Crippen LogP contribution in [-0.4, -0.2) is 32.3 Å². The number of hydrogen-bond acceptors (Lipinski definition) is 3. The molecule has 0 aliphatic carbocycles. The van der Waals surface area contributed by atoms with Gasteiger partial charge in [0, 0.05) is 26.2 Å². The molecule has 0 radical (unpaired) electrons. The van der Waals surface area contributed by atoms with E-state index in [-0.39, 0.29) is 0 Å². The summed E-state index contributed by atoms with van der Waals surface area (Å²) in [5.74, 6) is 0. The summed E-state index contributed by atoms with van der Waals surface area (Å²) in [6.07, 6.45) is 1.37. The standard InChI is InChI=1S/C12H14Cl2N2O/c1-17-8-2-7-5-15-11-3-9(13)10(14)4-12(11)16(7)6-8/h3-4,7-8,15H,2,5-6H2,1H3. The highest BCUT2D eigenvalue weighted by Gasteiger charge is 2.36. The molecule has 3 rings (SSSR count). The molecule has 2 aliphatic rings. The Labute approximate surface area is 111 Å². The molecular weight excluding hydrogens is 259 g/mol. The van der Waals surface area contributed by atoms with Gasteiger partial charge in [0.05, 0.1) is 27.5 Å². The highest BCUT2D eigenvalue weighted by Crippen LogP contribution is 2.41. The Balaban J connectivity index is 1.98. The lowest BCUT2D eigenvalue weighted by molar-refractivity contribution is 0.118. The third-order valence-corrected chi connectivity index (χ3v) is 4.31. The third-order valence-electron chi connectivity index (χ3n) is 3.59. The molecule has 2 atom stereocenters. The molecule has 0 saturated carbocycles. The monoisotopic (exact) mass is 272 g/mol. The Morgan fingerprint density at radius 2 is 2.12 bits per heavy atom. The minimum atomic E-state index is 0.308. The number of nitrogens with one attached hydrogen (secondary N) is 1. The van der Waals surface area contributed by atoms with E-state index < -0.39 is 0 Å². The van der Waals surface area contributed by atoms with Gasteiger partial charge in [0.15, 0.2) is 0 Å². The quantitative estimate of drug-likeness (QED) is 0.851. The van der Waals surface area contributed by atoms with Crippen molar-refractivity contribution in [2.24, 2.45) is 0 Å². The van der Waals surface area contributed by atoms with Crippen LogP contribution in [0.25, 0.3) is 0 Å². The number of methoxy groups -OCH3 is 1. The molecule has 2 heterocycles. The number of benzene rings is 1. The van der Waals surface area contributed by atoms with Crippen LogP contribution < -0.4 is 10.2 Å². The van der Waals surface area contributed by atoms with E-state index in [4.69, 9.17) is 27.9 Å². The van der Waals surface area contributed by atoms with E-state index in [2.05, 4.69) is 10.2 Å². The zero-order valence-electron chi connectivity index (χ0n) is 9.54. The van der Waals surface area contributed by atoms with Crippen molar-refractivity contribution in [1.82, 2.24) is 0 Å². The lowest BCUT2D eigenvalue weighted by Gasteiger charge is -2.34. The van der Waals surface area contributed by atoms with Gasteiger partial charge >= 0.3 is 0 Å². The van der Waals surface area contributed by atoms with E-state index in [1.807, 2.05) is 12.1 Å². The molecule has 1 aromatic carbocycles. The molecular formula is C12H14Cl2N2O. The normalized spacial score (nSPS) is 26.4. The van der Waals surface area contributed by atoms with Gasteiger partial charge in [0.2, 0.25) is 0 Å². The van der Waals surface area contributed by atoms with Crippen molar-refractivity contribution in [1.29, 1.82) is 0 Å². The summed E-state index contributed by atoms with van der Waals surface area (Å²) in [4.78, 5) is 2.36. The van der Waals surface area contributed by atoms with Crippen LogP contribution in [0.2, 0.25) is 10.0 Å². The maximum atomic E-state index is 6.09. The first-order valence-corrected chi connectivity index (χ1v) is 6.47. The smallest absolute Gasteiger partial charge is 0.0766 e. The molecule has 2 unspecified atom stereocenters. The average molecular weight is 273 g/mol. The number of nitrogens with zero attached hydrogens (tertiary/aromatic N) is 1. The van der Waals surface area contributed by atoms with Crippen LogP contribution in [0.3, 0.4) is 0 Å². The molecule has 0 aromatic heterocycles. The Morgan fingerprint density at radius 1 is 1.35 bits per heavy atom. The Morgan fingerprint density at radius 3 is 2.88 bits per heavy atom. The molecule has 5 heteroatoms. The molecule has 1 saturated heterocycles. The largest absolute Gasteiger partial charge is 0.381 e. The van der Waals surface area contributed by atoms with Gasteiger partial charge in [-0.05, 0) is 18.6 Å². The molecule has 0 bridgehead atoms. The summed E-state index contributed by atoms with van der Waals surface area (Å²) in [7, 11) is 1.77. The predicted octanol–water partition coefficient (Wildman–Crippen LogP) is 3.01. The first kappa shape index (κ1) is 11.5. The van der Waals surface area contributed by atoms with Gasteiger partial charge in [-0.25, -0.2) is 0 Å². The minimum Gasteiger partial charge on any atom is -0.381 e. The maximum absolute atomic E-state index is 6.09. The summed E-state index contributed by atoms with van der Waals surface area (Å²) >= 11 is 12.1. The lowest BCUT2D eigenvalue weighted by Crippen LogP contribution is -2.39. The van der Waals surface area contributed by atoms with Crippen molar-refractivity contribution < 1.29 is 4.74 Å². The summed E-state index contributed by atoms with van der Waals surface area (Å²) in [6, 6.07) is 4.33.